The number of nitrogens with zero attached hydrogens (tertiary/aromatic N) is 2. The van der Waals surface area contributed by atoms with Crippen molar-refractivity contribution >= 4 is 11.5 Å². The van der Waals surface area contributed by atoms with Crippen LogP contribution in [0, 0.1) is 6.07 Å². The molecule has 2 aromatic heterocycles. The molecule has 0 amide bonds. The smallest absolute Gasteiger partial charge is 0.339 e. The van der Waals surface area contributed by atoms with Crippen molar-refractivity contribution in [1.29, 1.82) is 0 Å². The minimum Gasteiger partial charge on any atom is -0.478 e. The van der Waals surface area contributed by atoms with Gasteiger partial charge in [-0.3, -0.25) is 0 Å². The molecule has 0 bridgehead atoms. The molecule has 59 valence electrons. The normalized spacial score (nSPS) is 10.3. The van der Waals surface area contributed by atoms with Crippen LogP contribution in [0.25, 0.3) is 5.52 Å². The second kappa shape index (κ2) is 2.34. The molecular formula is C8H5N2O2. The number of carboxylic acids is 1. The van der Waals surface area contributed by atoms with Crippen LogP contribution in [-0.4, -0.2) is 20.7 Å². The average molecular weight is 161 g/mol. The van der Waals surface area contributed by atoms with Gasteiger partial charge in [-0.25, -0.2) is 9.31 Å². The van der Waals surface area contributed by atoms with Gasteiger partial charge in [-0.1, -0.05) is 0 Å². The van der Waals surface area contributed by atoms with E-state index in [4.69, 9.17) is 5.11 Å². The van der Waals surface area contributed by atoms with Crippen LogP contribution in [0.3, 0.4) is 0 Å². The Bertz CT molecular complexity index is 433. The van der Waals surface area contributed by atoms with E-state index >= 15 is 0 Å². The standard InChI is InChI=1S/C8H5N2O2/c11-8(12)6-5-9-10-4-2-1-3-7(6)10/h2-5H,(H,11,12). The molecule has 4 nitrogen and oxygen atoms in total. The van der Waals surface area contributed by atoms with Crippen LogP contribution in [0.1, 0.15) is 10.4 Å². The number of carbonyl (C=O) groups is 1. The van der Waals surface area contributed by atoms with Crippen LogP contribution in [0.4, 0.5) is 0 Å². The number of aromatic carboxylic acids is 1. The van der Waals surface area contributed by atoms with Gasteiger partial charge in [-0.15, -0.1) is 0 Å². The highest BCUT2D eigenvalue weighted by Crippen LogP contribution is 2.08. The van der Waals surface area contributed by atoms with Gasteiger partial charge in [0.2, 0.25) is 0 Å². The third kappa shape index (κ3) is 0.852. The lowest BCUT2D eigenvalue weighted by atomic mass is 10.3. The Balaban J connectivity index is 2.79. The Labute approximate surface area is 68.1 Å². The summed E-state index contributed by atoms with van der Waals surface area (Å²) in [7, 11) is 0. The molecule has 0 aliphatic rings. The van der Waals surface area contributed by atoms with Crippen molar-refractivity contribution in [3.8, 4) is 0 Å². The molecule has 0 saturated carbocycles. The average Bonchev–Trinajstić information content (AvgIpc) is 2.47. The summed E-state index contributed by atoms with van der Waals surface area (Å²) in [4.78, 5) is 10.6. The van der Waals surface area contributed by atoms with Gasteiger partial charge in [0, 0.05) is 6.20 Å². The summed E-state index contributed by atoms with van der Waals surface area (Å²) in [5.74, 6) is -0.968. The molecule has 0 aliphatic heterocycles. The number of carboxylic acid groups (broad SMARTS) is 1. The Kier molecular flexibility index (Phi) is 1.33. The molecule has 0 fully saturated rings. The van der Waals surface area contributed by atoms with Crippen molar-refractivity contribution in [2.75, 3.05) is 0 Å². The fourth-order valence-corrected chi connectivity index (χ4v) is 1.04. The molecule has 0 unspecified atom stereocenters. The van der Waals surface area contributed by atoms with E-state index in [1.807, 2.05) is 0 Å². The number of pyridine rings is 1. The summed E-state index contributed by atoms with van der Waals surface area (Å²) in [6.07, 6.45) is 2.98. The zero-order chi connectivity index (χ0) is 8.55. The second-order valence-corrected chi connectivity index (χ2v) is 2.32. The van der Waals surface area contributed by atoms with Crippen molar-refractivity contribution < 1.29 is 9.90 Å². The van der Waals surface area contributed by atoms with E-state index in [-0.39, 0.29) is 5.56 Å². The van der Waals surface area contributed by atoms with Crippen LogP contribution in [-0.2, 0) is 0 Å². The highest BCUT2D eigenvalue weighted by atomic mass is 16.4. The van der Waals surface area contributed by atoms with Gasteiger partial charge in [0.15, 0.2) is 0 Å². The van der Waals surface area contributed by atoms with Crippen LogP contribution >= 0.6 is 0 Å². The predicted molar refractivity (Wildman–Crippen MR) is 41.0 cm³/mol. The van der Waals surface area contributed by atoms with Gasteiger partial charge in [0.1, 0.15) is 5.56 Å². The Morgan fingerprint density at radius 2 is 2.50 bits per heavy atom. The molecule has 1 N–H and O–H groups in total. The summed E-state index contributed by atoms with van der Waals surface area (Å²) in [6.45, 7) is 0. The van der Waals surface area contributed by atoms with Gasteiger partial charge in [-0.2, -0.15) is 5.10 Å². The molecule has 2 aromatic rings. The number of hydrogen-bond acceptors (Lipinski definition) is 2. The van der Waals surface area contributed by atoms with Gasteiger partial charge in [0.05, 0.1) is 11.7 Å². The minimum absolute atomic E-state index is 0.201. The van der Waals surface area contributed by atoms with Crippen LogP contribution in [0.15, 0.2) is 24.5 Å². The van der Waals surface area contributed by atoms with Crippen molar-refractivity contribution in [2.24, 2.45) is 0 Å². The maximum atomic E-state index is 10.6. The van der Waals surface area contributed by atoms with Crippen molar-refractivity contribution in [2.45, 2.75) is 0 Å². The third-order valence-electron chi connectivity index (χ3n) is 1.60. The fraction of sp³-hybridized carbons (Fsp3) is 0. The largest absolute Gasteiger partial charge is 0.478 e. The van der Waals surface area contributed by atoms with Gasteiger partial charge < -0.3 is 5.11 Å². The first-order valence-electron chi connectivity index (χ1n) is 3.36. The summed E-state index contributed by atoms with van der Waals surface area (Å²) < 4.78 is 1.50. The number of hydrogen-bond donors (Lipinski definition) is 1. The van der Waals surface area contributed by atoms with Gasteiger partial charge in [0.25, 0.3) is 0 Å². The van der Waals surface area contributed by atoms with Gasteiger partial charge >= 0.3 is 5.97 Å². The maximum Gasteiger partial charge on any atom is 0.339 e. The number of fused-ring (bicyclic) bond motifs is 1. The van der Waals surface area contributed by atoms with E-state index < -0.39 is 5.97 Å². The van der Waals surface area contributed by atoms with Crippen molar-refractivity contribution in [1.82, 2.24) is 9.61 Å². The Morgan fingerprint density at radius 3 is 3.25 bits per heavy atom. The second-order valence-electron chi connectivity index (χ2n) is 2.32. The third-order valence-corrected chi connectivity index (χ3v) is 1.60. The topological polar surface area (TPSA) is 54.6 Å². The molecule has 2 rings (SSSR count). The molecule has 0 aliphatic carbocycles. The summed E-state index contributed by atoms with van der Waals surface area (Å²) in [6, 6.07) is 6.06. The summed E-state index contributed by atoms with van der Waals surface area (Å²) in [5.41, 5.74) is 0.761. The fourth-order valence-electron chi connectivity index (χ4n) is 1.04. The highest BCUT2D eigenvalue weighted by Gasteiger charge is 2.09. The molecule has 1 radical (unpaired) electrons. The molecule has 2 heterocycles. The molecule has 0 spiro atoms. The first kappa shape index (κ1) is 6.84. The van der Waals surface area contributed by atoms with E-state index in [2.05, 4.69) is 11.2 Å². The lowest BCUT2D eigenvalue weighted by Gasteiger charge is -1.90. The lowest BCUT2D eigenvalue weighted by Crippen LogP contribution is -1.94. The van der Waals surface area contributed by atoms with Crippen LogP contribution < -0.4 is 0 Å². The highest BCUT2D eigenvalue weighted by molar-refractivity contribution is 5.95. The molecule has 12 heavy (non-hydrogen) atoms. The lowest BCUT2D eigenvalue weighted by molar-refractivity contribution is 0.0699. The number of rotatable bonds is 1. The molecular weight excluding hydrogens is 156 g/mol. The predicted octanol–water partition coefficient (Wildman–Crippen LogP) is 0.833. The van der Waals surface area contributed by atoms with Crippen LogP contribution in [0.5, 0.6) is 0 Å². The molecule has 0 aromatic carbocycles. The van der Waals surface area contributed by atoms with Crippen molar-refractivity contribution in [3.05, 3.63) is 36.2 Å². The van der Waals surface area contributed by atoms with E-state index in [0.717, 1.165) is 0 Å². The zero-order valence-corrected chi connectivity index (χ0v) is 6.06. The zero-order valence-electron chi connectivity index (χ0n) is 6.06. The molecule has 0 saturated heterocycles. The Morgan fingerprint density at radius 1 is 1.67 bits per heavy atom. The quantitative estimate of drug-likeness (QED) is 0.674. The van der Waals surface area contributed by atoms with E-state index in [9.17, 15) is 4.79 Å². The maximum absolute atomic E-state index is 10.6. The van der Waals surface area contributed by atoms with Crippen LogP contribution in [0.2, 0.25) is 0 Å². The Hall–Kier alpha value is -1.84. The van der Waals surface area contributed by atoms with Gasteiger partial charge in [-0.05, 0) is 18.2 Å². The number of aromatic nitrogens is 2. The van der Waals surface area contributed by atoms with E-state index in [1.165, 1.54) is 10.7 Å². The summed E-state index contributed by atoms with van der Waals surface area (Å²) in [5, 5.41) is 12.6. The SMILES string of the molecule is O=C(O)c1cnn2cc[c]cc12. The summed E-state index contributed by atoms with van der Waals surface area (Å²) >= 11 is 0. The first-order valence-corrected chi connectivity index (χ1v) is 3.36. The van der Waals surface area contributed by atoms with E-state index in [1.54, 1.807) is 18.3 Å². The molecule has 4 heteroatoms. The minimum atomic E-state index is -0.968. The van der Waals surface area contributed by atoms with E-state index in [0.29, 0.717) is 5.52 Å². The first-order chi connectivity index (χ1) is 5.79. The molecule has 0 atom stereocenters. The van der Waals surface area contributed by atoms with Crippen molar-refractivity contribution in [3.63, 3.8) is 0 Å². The monoisotopic (exact) mass is 161 g/mol.